The van der Waals surface area contributed by atoms with Crippen LogP contribution < -0.4 is 9.62 Å². The molecule has 27 heavy (non-hydrogen) atoms. The Labute approximate surface area is 170 Å². The number of hydrogen-bond donors (Lipinski definition) is 1. The van der Waals surface area contributed by atoms with Crippen molar-refractivity contribution < 1.29 is 13.2 Å². The Balaban J connectivity index is 2.11. The van der Waals surface area contributed by atoms with Crippen LogP contribution in [0.15, 0.2) is 48.5 Å². The summed E-state index contributed by atoms with van der Waals surface area (Å²) < 4.78 is 25.8. The summed E-state index contributed by atoms with van der Waals surface area (Å²) in [5.41, 5.74) is 1.44. The van der Waals surface area contributed by atoms with Gasteiger partial charge in [0.2, 0.25) is 15.9 Å². The highest BCUT2D eigenvalue weighted by Crippen LogP contribution is 2.24. The fourth-order valence-corrected chi connectivity index (χ4v) is 4.21. The molecule has 5 nitrogen and oxygen atoms in total. The second-order valence-corrected chi connectivity index (χ2v) is 8.86. The van der Waals surface area contributed by atoms with Gasteiger partial charge < -0.3 is 5.32 Å². The third kappa shape index (κ3) is 6.13. The van der Waals surface area contributed by atoms with Crippen molar-refractivity contribution in [2.75, 3.05) is 17.1 Å². The van der Waals surface area contributed by atoms with E-state index in [1.165, 1.54) is 0 Å². The Morgan fingerprint density at radius 2 is 1.56 bits per heavy atom. The van der Waals surface area contributed by atoms with Crippen molar-refractivity contribution in [1.29, 1.82) is 0 Å². The first-order valence-electron chi connectivity index (χ1n) is 8.49. The fourth-order valence-electron chi connectivity index (χ4n) is 2.75. The average molecular weight is 429 g/mol. The topological polar surface area (TPSA) is 66.5 Å². The van der Waals surface area contributed by atoms with Gasteiger partial charge in [-0.2, -0.15) is 0 Å². The first-order chi connectivity index (χ1) is 12.7. The number of nitrogens with one attached hydrogen (secondary N) is 1. The molecule has 0 saturated carbocycles. The zero-order chi connectivity index (χ0) is 20.0. The van der Waals surface area contributed by atoms with Gasteiger partial charge in [-0.05, 0) is 54.8 Å². The van der Waals surface area contributed by atoms with Crippen LogP contribution >= 0.6 is 23.2 Å². The van der Waals surface area contributed by atoms with E-state index in [0.29, 0.717) is 35.1 Å². The number of carbonyl (C=O) groups is 1. The zero-order valence-electron chi connectivity index (χ0n) is 15.2. The molecule has 0 aliphatic carbocycles. The van der Waals surface area contributed by atoms with Crippen LogP contribution in [0.2, 0.25) is 10.0 Å². The molecule has 2 rings (SSSR count). The van der Waals surface area contributed by atoms with Crippen LogP contribution in [0.5, 0.6) is 0 Å². The van der Waals surface area contributed by atoms with Crippen LogP contribution in [0, 0.1) is 0 Å². The van der Waals surface area contributed by atoms with Crippen LogP contribution in [0.25, 0.3) is 0 Å². The monoisotopic (exact) mass is 428 g/mol. The molecule has 0 bridgehead atoms. The van der Waals surface area contributed by atoms with E-state index in [1.807, 2.05) is 12.1 Å². The third-order valence-electron chi connectivity index (χ3n) is 4.04. The molecule has 2 aromatic rings. The van der Waals surface area contributed by atoms with E-state index in [0.717, 1.165) is 16.1 Å². The highest BCUT2D eigenvalue weighted by atomic mass is 35.5. The van der Waals surface area contributed by atoms with Gasteiger partial charge in [0.05, 0.1) is 11.9 Å². The minimum atomic E-state index is -3.65. The van der Waals surface area contributed by atoms with Gasteiger partial charge >= 0.3 is 0 Å². The van der Waals surface area contributed by atoms with Crippen molar-refractivity contribution >= 4 is 44.8 Å². The van der Waals surface area contributed by atoms with Gasteiger partial charge in [-0.1, -0.05) is 42.3 Å². The SMILES string of the molecule is CC[C@@H](C(=O)NCCc1ccc(Cl)cc1)N(c1ccc(Cl)cc1)S(C)(=O)=O. The molecule has 0 radical (unpaired) electrons. The molecule has 146 valence electrons. The van der Waals surface area contributed by atoms with Gasteiger partial charge in [-0.15, -0.1) is 0 Å². The van der Waals surface area contributed by atoms with Gasteiger partial charge in [0.15, 0.2) is 0 Å². The van der Waals surface area contributed by atoms with Crippen molar-refractivity contribution in [3.8, 4) is 0 Å². The summed E-state index contributed by atoms with van der Waals surface area (Å²) in [6, 6.07) is 12.9. The van der Waals surface area contributed by atoms with Crippen molar-refractivity contribution in [3.05, 3.63) is 64.1 Å². The highest BCUT2D eigenvalue weighted by molar-refractivity contribution is 7.92. The van der Waals surface area contributed by atoms with Gasteiger partial charge in [-0.25, -0.2) is 8.42 Å². The fraction of sp³-hybridized carbons (Fsp3) is 0.316. The number of nitrogens with zero attached hydrogens (tertiary/aromatic N) is 1. The zero-order valence-corrected chi connectivity index (χ0v) is 17.5. The van der Waals surface area contributed by atoms with Crippen molar-refractivity contribution in [3.63, 3.8) is 0 Å². The number of carbonyl (C=O) groups excluding carboxylic acids is 1. The number of sulfonamides is 1. The van der Waals surface area contributed by atoms with Crippen LogP contribution in [0.3, 0.4) is 0 Å². The minimum Gasteiger partial charge on any atom is -0.354 e. The lowest BCUT2D eigenvalue weighted by Crippen LogP contribution is -2.49. The number of hydrogen-bond acceptors (Lipinski definition) is 3. The second kappa shape index (κ2) is 9.44. The molecule has 2 aromatic carbocycles. The van der Waals surface area contributed by atoms with Crippen LogP contribution in [-0.2, 0) is 21.2 Å². The molecule has 0 spiro atoms. The lowest BCUT2D eigenvalue weighted by atomic mass is 10.1. The van der Waals surface area contributed by atoms with Crippen molar-refractivity contribution in [2.45, 2.75) is 25.8 Å². The smallest absolute Gasteiger partial charge is 0.243 e. The van der Waals surface area contributed by atoms with Gasteiger partial charge in [0.25, 0.3) is 0 Å². The van der Waals surface area contributed by atoms with E-state index >= 15 is 0 Å². The molecule has 1 atom stereocenters. The summed E-state index contributed by atoms with van der Waals surface area (Å²) in [6.45, 7) is 2.17. The highest BCUT2D eigenvalue weighted by Gasteiger charge is 2.31. The average Bonchev–Trinajstić information content (AvgIpc) is 2.61. The molecule has 0 unspecified atom stereocenters. The lowest BCUT2D eigenvalue weighted by Gasteiger charge is -2.30. The predicted octanol–water partition coefficient (Wildman–Crippen LogP) is 3.90. The van der Waals surface area contributed by atoms with Gasteiger partial charge in [0, 0.05) is 16.6 Å². The van der Waals surface area contributed by atoms with Crippen molar-refractivity contribution in [1.82, 2.24) is 5.32 Å². The Bertz CT molecular complexity index is 869. The molecular weight excluding hydrogens is 407 g/mol. The number of benzene rings is 2. The van der Waals surface area contributed by atoms with Crippen LogP contribution in [0.1, 0.15) is 18.9 Å². The molecule has 1 amide bonds. The van der Waals surface area contributed by atoms with Gasteiger partial charge in [0.1, 0.15) is 6.04 Å². The number of halogens is 2. The molecule has 0 fully saturated rings. The standard InChI is InChI=1S/C19H22Cl2N2O3S/c1-3-18(19(24)22-13-12-14-4-6-15(20)7-5-14)23(27(2,25)26)17-10-8-16(21)9-11-17/h4-11,18H,3,12-13H2,1-2H3,(H,22,24)/t18-/m0/s1. The molecule has 0 aromatic heterocycles. The number of amides is 1. The normalized spacial score (nSPS) is 12.4. The summed E-state index contributed by atoms with van der Waals surface area (Å²) in [5, 5.41) is 3.97. The predicted molar refractivity (Wildman–Crippen MR) is 111 cm³/mol. The summed E-state index contributed by atoms with van der Waals surface area (Å²) in [5.74, 6) is -0.341. The Kier molecular flexibility index (Phi) is 7.53. The van der Waals surface area contributed by atoms with E-state index < -0.39 is 16.1 Å². The molecule has 8 heteroatoms. The first kappa shape index (κ1) is 21.5. The summed E-state index contributed by atoms with van der Waals surface area (Å²) in [4.78, 5) is 12.7. The maximum Gasteiger partial charge on any atom is 0.243 e. The van der Waals surface area contributed by atoms with E-state index in [9.17, 15) is 13.2 Å². The molecule has 0 saturated heterocycles. The van der Waals surface area contributed by atoms with Crippen LogP contribution in [-0.4, -0.2) is 33.2 Å². The van der Waals surface area contributed by atoms with Crippen molar-refractivity contribution in [2.24, 2.45) is 0 Å². The maximum atomic E-state index is 12.7. The largest absolute Gasteiger partial charge is 0.354 e. The molecule has 0 aliphatic heterocycles. The Morgan fingerprint density at radius 3 is 2.04 bits per heavy atom. The van der Waals surface area contributed by atoms with E-state index in [4.69, 9.17) is 23.2 Å². The summed E-state index contributed by atoms with van der Waals surface area (Å²) >= 11 is 11.7. The molecular formula is C19H22Cl2N2O3S. The molecule has 1 N–H and O–H groups in total. The second-order valence-electron chi connectivity index (χ2n) is 6.13. The van der Waals surface area contributed by atoms with E-state index in [1.54, 1.807) is 43.3 Å². The Morgan fingerprint density at radius 1 is 1.04 bits per heavy atom. The molecule has 0 aliphatic rings. The van der Waals surface area contributed by atoms with Gasteiger partial charge in [-0.3, -0.25) is 9.10 Å². The third-order valence-corrected chi connectivity index (χ3v) is 5.72. The van der Waals surface area contributed by atoms with Crippen LogP contribution in [0.4, 0.5) is 5.69 Å². The van der Waals surface area contributed by atoms with E-state index in [2.05, 4.69) is 5.32 Å². The summed E-state index contributed by atoms with van der Waals surface area (Å²) in [7, 11) is -3.65. The maximum absolute atomic E-state index is 12.7. The lowest BCUT2D eigenvalue weighted by molar-refractivity contribution is -0.122. The first-order valence-corrected chi connectivity index (χ1v) is 11.1. The number of rotatable bonds is 8. The van der Waals surface area contributed by atoms with E-state index in [-0.39, 0.29) is 5.91 Å². The molecule has 0 heterocycles. The minimum absolute atomic E-state index is 0.336. The summed E-state index contributed by atoms with van der Waals surface area (Å²) in [6.07, 6.45) is 2.05. The quantitative estimate of drug-likeness (QED) is 0.692. The Hall–Kier alpha value is -1.76. The number of anilines is 1.